The van der Waals surface area contributed by atoms with Crippen LogP contribution in [0.3, 0.4) is 0 Å². The summed E-state index contributed by atoms with van der Waals surface area (Å²) in [6.07, 6.45) is 3.14. The van der Waals surface area contributed by atoms with E-state index in [9.17, 15) is 0 Å². The van der Waals surface area contributed by atoms with Crippen molar-refractivity contribution in [2.24, 2.45) is 0 Å². The third-order valence-electron chi connectivity index (χ3n) is 5.49. The van der Waals surface area contributed by atoms with Crippen molar-refractivity contribution in [3.8, 4) is 17.2 Å². The molecule has 0 bridgehead atoms. The molecule has 0 radical (unpaired) electrons. The van der Waals surface area contributed by atoms with E-state index in [-0.39, 0.29) is 12.9 Å². The quantitative estimate of drug-likeness (QED) is 0.812. The maximum atomic E-state index is 5.82. The molecule has 0 unspecified atom stereocenters. The smallest absolute Gasteiger partial charge is 0.231 e. The Balaban J connectivity index is 1.31. The van der Waals surface area contributed by atoms with Crippen molar-refractivity contribution in [1.29, 1.82) is 0 Å². The number of benzene rings is 1. The van der Waals surface area contributed by atoms with Gasteiger partial charge in [-0.25, -0.2) is 0 Å². The molecule has 8 heteroatoms. The lowest BCUT2D eigenvalue weighted by atomic mass is 10.1. The van der Waals surface area contributed by atoms with E-state index in [4.69, 9.17) is 18.9 Å². The summed E-state index contributed by atoms with van der Waals surface area (Å²) in [5, 5.41) is 8.84. The zero-order valence-corrected chi connectivity index (χ0v) is 15.5. The van der Waals surface area contributed by atoms with Gasteiger partial charge < -0.3 is 23.5 Å². The highest BCUT2D eigenvalue weighted by Crippen LogP contribution is 2.42. The van der Waals surface area contributed by atoms with E-state index in [2.05, 4.69) is 19.7 Å². The minimum Gasteiger partial charge on any atom is -0.493 e. The van der Waals surface area contributed by atoms with Crippen LogP contribution < -0.4 is 14.2 Å². The number of ether oxygens (including phenoxy) is 4. The Morgan fingerprint density at radius 1 is 1.19 bits per heavy atom. The van der Waals surface area contributed by atoms with Gasteiger partial charge >= 0.3 is 0 Å². The van der Waals surface area contributed by atoms with Gasteiger partial charge in [0.1, 0.15) is 11.9 Å². The van der Waals surface area contributed by atoms with Crippen LogP contribution in [0.5, 0.6) is 17.2 Å². The maximum absolute atomic E-state index is 5.82. The van der Waals surface area contributed by atoms with Crippen LogP contribution in [0, 0.1) is 0 Å². The fourth-order valence-corrected chi connectivity index (χ4v) is 4.10. The predicted molar refractivity (Wildman–Crippen MR) is 96.0 cm³/mol. The Morgan fingerprint density at radius 3 is 3.00 bits per heavy atom. The van der Waals surface area contributed by atoms with Crippen molar-refractivity contribution in [2.75, 3.05) is 33.6 Å². The summed E-state index contributed by atoms with van der Waals surface area (Å²) < 4.78 is 24.6. The predicted octanol–water partition coefficient (Wildman–Crippen LogP) is 1.93. The lowest BCUT2D eigenvalue weighted by molar-refractivity contribution is 0.101. The topological polar surface area (TPSA) is 70.9 Å². The standard InChI is InChI=1S/C19H24N4O4/c1-24-15-9-13(10-16-18(15)27-12-26-16)11-22-5-4-17-20-21-19(23(17)7-6-22)14-3-2-8-25-14/h9-10,14H,2-8,11-12H2,1H3/t14-/m0/s1. The monoisotopic (exact) mass is 372 g/mol. The zero-order chi connectivity index (χ0) is 18.2. The molecule has 8 nitrogen and oxygen atoms in total. The van der Waals surface area contributed by atoms with Crippen molar-refractivity contribution in [1.82, 2.24) is 19.7 Å². The molecular formula is C19H24N4O4. The normalized spacial score (nSPS) is 21.9. The first-order valence-electron chi connectivity index (χ1n) is 9.54. The lowest BCUT2D eigenvalue weighted by Crippen LogP contribution is -2.27. The first-order valence-corrected chi connectivity index (χ1v) is 9.54. The van der Waals surface area contributed by atoms with Gasteiger partial charge in [0.2, 0.25) is 12.5 Å². The van der Waals surface area contributed by atoms with Crippen LogP contribution in [-0.2, 0) is 24.2 Å². The van der Waals surface area contributed by atoms with Crippen LogP contribution in [-0.4, -0.2) is 53.3 Å². The second kappa shape index (κ2) is 7.01. The molecule has 1 fully saturated rings. The third kappa shape index (κ3) is 3.12. The van der Waals surface area contributed by atoms with E-state index in [1.54, 1.807) is 7.11 Å². The molecule has 1 aromatic carbocycles. The Bertz CT molecular complexity index is 831. The second-order valence-corrected chi connectivity index (χ2v) is 7.19. The highest BCUT2D eigenvalue weighted by atomic mass is 16.7. The van der Waals surface area contributed by atoms with Crippen molar-refractivity contribution in [3.05, 3.63) is 29.3 Å². The van der Waals surface area contributed by atoms with Crippen LogP contribution in [0.4, 0.5) is 0 Å². The molecule has 0 N–H and O–H groups in total. The van der Waals surface area contributed by atoms with Gasteiger partial charge in [-0.2, -0.15) is 0 Å². The molecule has 0 spiro atoms. The summed E-state index contributed by atoms with van der Waals surface area (Å²) in [6.45, 7) is 4.69. The van der Waals surface area contributed by atoms with Crippen LogP contribution in [0.15, 0.2) is 12.1 Å². The molecule has 3 aliphatic heterocycles. The Kier molecular flexibility index (Phi) is 4.37. The molecule has 1 atom stereocenters. The van der Waals surface area contributed by atoms with E-state index in [1.807, 2.05) is 12.1 Å². The van der Waals surface area contributed by atoms with Crippen LogP contribution in [0.2, 0.25) is 0 Å². The van der Waals surface area contributed by atoms with Gasteiger partial charge in [0.25, 0.3) is 0 Å². The van der Waals surface area contributed by atoms with Gasteiger partial charge in [0, 0.05) is 39.2 Å². The number of nitrogens with zero attached hydrogens (tertiary/aromatic N) is 4. The largest absolute Gasteiger partial charge is 0.493 e. The first kappa shape index (κ1) is 16.8. The van der Waals surface area contributed by atoms with E-state index in [1.165, 1.54) is 0 Å². The van der Waals surface area contributed by atoms with Crippen LogP contribution >= 0.6 is 0 Å². The average molecular weight is 372 g/mol. The Hall–Kier alpha value is -2.32. The molecule has 1 saturated heterocycles. The van der Waals surface area contributed by atoms with Gasteiger partial charge in [-0.15, -0.1) is 10.2 Å². The van der Waals surface area contributed by atoms with E-state index >= 15 is 0 Å². The number of aromatic nitrogens is 3. The molecule has 27 heavy (non-hydrogen) atoms. The summed E-state index contributed by atoms with van der Waals surface area (Å²) in [6, 6.07) is 4.09. The van der Waals surface area contributed by atoms with Gasteiger partial charge in [-0.05, 0) is 30.5 Å². The van der Waals surface area contributed by atoms with Gasteiger partial charge in [-0.1, -0.05) is 0 Å². The summed E-state index contributed by atoms with van der Waals surface area (Å²) >= 11 is 0. The molecule has 0 amide bonds. The second-order valence-electron chi connectivity index (χ2n) is 7.19. The van der Waals surface area contributed by atoms with Crippen molar-refractivity contribution in [3.63, 3.8) is 0 Å². The average Bonchev–Trinajstić information content (AvgIpc) is 3.41. The molecule has 5 rings (SSSR count). The van der Waals surface area contributed by atoms with Crippen molar-refractivity contribution >= 4 is 0 Å². The Labute approximate surface area is 158 Å². The number of rotatable bonds is 4. The van der Waals surface area contributed by atoms with E-state index < -0.39 is 0 Å². The number of hydrogen-bond acceptors (Lipinski definition) is 7. The lowest BCUT2D eigenvalue weighted by Gasteiger charge is -2.20. The third-order valence-corrected chi connectivity index (χ3v) is 5.49. The molecular weight excluding hydrogens is 348 g/mol. The first-order chi connectivity index (χ1) is 13.3. The maximum Gasteiger partial charge on any atom is 0.231 e. The molecule has 3 aliphatic rings. The zero-order valence-electron chi connectivity index (χ0n) is 15.5. The minimum atomic E-state index is 0.107. The number of fused-ring (bicyclic) bond motifs is 2. The molecule has 4 heterocycles. The summed E-state index contributed by atoms with van der Waals surface area (Å²) in [7, 11) is 1.66. The minimum absolute atomic E-state index is 0.107. The SMILES string of the molecule is COc1cc(CN2CCc3nnc([C@@H]4CCCO4)n3CC2)cc2c1OCO2. The Morgan fingerprint density at radius 2 is 2.15 bits per heavy atom. The fourth-order valence-electron chi connectivity index (χ4n) is 4.10. The summed E-state index contributed by atoms with van der Waals surface area (Å²) in [5.41, 5.74) is 1.16. The molecule has 0 saturated carbocycles. The van der Waals surface area contributed by atoms with Gasteiger partial charge in [0.05, 0.1) is 7.11 Å². The van der Waals surface area contributed by atoms with E-state index in [0.29, 0.717) is 5.75 Å². The van der Waals surface area contributed by atoms with Gasteiger partial charge in [0.15, 0.2) is 17.3 Å². The molecule has 2 aromatic rings. The molecule has 1 aromatic heterocycles. The number of methoxy groups -OCH3 is 1. The van der Waals surface area contributed by atoms with Crippen molar-refractivity contribution in [2.45, 2.75) is 38.5 Å². The van der Waals surface area contributed by atoms with Gasteiger partial charge in [-0.3, -0.25) is 4.90 Å². The molecule has 144 valence electrons. The van der Waals surface area contributed by atoms with E-state index in [0.717, 1.165) is 80.8 Å². The van der Waals surface area contributed by atoms with Crippen molar-refractivity contribution < 1.29 is 18.9 Å². The van der Waals surface area contributed by atoms with Crippen LogP contribution in [0.25, 0.3) is 0 Å². The summed E-state index contributed by atoms with van der Waals surface area (Å²) in [5.74, 6) is 4.24. The number of hydrogen-bond donors (Lipinski definition) is 0. The summed E-state index contributed by atoms with van der Waals surface area (Å²) in [4.78, 5) is 2.44. The van der Waals surface area contributed by atoms with Crippen LogP contribution in [0.1, 0.15) is 36.2 Å². The highest BCUT2D eigenvalue weighted by Gasteiger charge is 2.27. The fraction of sp³-hybridized carbons (Fsp3) is 0.579. The highest BCUT2D eigenvalue weighted by molar-refractivity contribution is 5.55. The molecule has 0 aliphatic carbocycles.